The first kappa shape index (κ1) is 14.1. The Morgan fingerprint density at radius 3 is 2.89 bits per heavy atom. The number of hydrogen-bond acceptors (Lipinski definition) is 3. The molecule has 0 fully saturated rings. The van der Waals surface area contributed by atoms with Crippen LogP contribution in [0.5, 0.6) is 0 Å². The SMILES string of the molecule is Cc1nccn1C[C@@H](O)COCc1ccccc1Cl. The van der Waals surface area contributed by atoms with E-state index in [9.17, 15) is 5.11 Å². The first-order valence-electron chi connectivity index (χ1n) is 6.14. The van der Waals surface area contributed by atoms with Crippen molar-refractivity contribution in [2.24, 2.45) is 0 Å². The van der Waals surface area contributed by atoms with Crippen LogP contribution in [0.2, 0.25) is 5.02 Å². The van der Waals surface area contributed by atoms with E-state index in [1.165, 1.54) is 0 Å². The number of aliphatic hydroxyl groups is 1. The molecule has 102 valence electrons. The number of benzene rings is 1. The second-order valence-corrected chi connectivity index (χ2v) is 4.79. The maximum Gasteiger partial charge on any atom is 0.105 e. The van der Waals surface area contributed by atoms with Crippen LogP contribution in [0.15, 0.2) is 36.7 Å². The molecule has 0 saturated heterocycles. The predicted molar refractivity (Wildman–Crippen MR) is 74.1 cm³/mol. The van der Waals surface area contributed by atoms with E-state index in [0.717, 1.165) is 11.4 Å². The monoisotopic (exact) mass is 280 g/mol. The van der Waals surface area contributed by atoms with E-state index < -0.39 is 6.10 Å². The maximum atomic E-state index is 9.89. The Morgan fingerprint density at radius 1 is 1.42 bits per heavy atom. The molecule has 2 rings (SSSR count). The van der Waals surface area contributed by atoms with Crippen molar-refractivity contribution in [2.75, 3.05) is 6.61 Å². The van der Waals surface area contributed by atoms with Crippen molar-refractivity contribution in [2.45, 2.75) is 26.2 Å². The lowest BCUT2D eigenvalue weighted by Gasteiger charge is -2.13. The highest BCUT2D eigenvalue weighted by Crippen LogP contribution is 2.15. The molecule has 1 aromatic carbocycles. The van der Waals surface area contributed by atoms with E-state index in [1.54, 1.807) is 6.20 Å². The van der Waals surface area contributed by atoms with Gasteiger partial charge in [0.1, 0.15) is 5.82 Å². The van der Waals surface area contributed by atoms with Crippen molar-refractivity contribution in [3.8, 4) is 0 Å². The molecule has 0 saturated carbocycles. The van der Waals surface area contributed by atoms with Crippen molar-refractivity contribution in [3.05, 3.63) is 53.1 Å². The topological polar surface area (TPSA) is 47.3 Å². The maximum absolute atomic E-state index is 9.89. The minimum atomic E-state index is -0.560. The highest BCUT2D eigenvalue weighted by molar-refractivity contribution is 6.31. The van der Waals surface area contributed by atoms with Gasteiger partial charge >= 0.3 is 0 Å². The Balaban J connectivity index is 1.77. The van der Waals surface area contributed by atoms with Crippen LogP contribution in [-0.2, 0) is 17.9 Å². The summed E-state index contributed by atoms with van der Waals surface area (Å²) >= 11 is 6.02. The van der Waals surface area contributed by atoms with Gasteiger partial charge in [0, 0.05) is 17.4 Å². The van der Waals surface area contributed by atoms with E-state index in [-0.39, 0.29) is 6.61 Å². The molecule has 1 atom stereocenters. The highest BCUT2D eigenvalue weighted by Gasteiger charge is 2.08. The average Bonchev–Trinajstić information content (AvgIpc) is 2.77. The number of imidazole rings is 1. The number of aliphatic hydroxyl groups excluding tert-OH is 1. The predicted octanol–water partition coefficient (Wildman–Crippen LogP) is 2.42. The zero-order valence-corrected chi connectivity index (χ0v) is 11.5. The minimum absolute atomic E-state index is 0.267. The fourth-order valence-corrected chi connectivity index (χ4v) is 1.99. The molecule has 19 heavy (non-hydrogen) atoms. The number of aryl methyl sites for hydroxylation is 1. The summed E-state index contributed by atoms with van der Waals surface area (Å²) in [4.78, 5) is 4.10. The molecule has 0 aliphatic heterocycles. The summed E-state index contributed by atoms with van der Waals surface area (Å²) in [6.45, 7) is 3.05. The van der Waals surface area contributed by atoms with E-state index in [2.05, 4.69) is 4.98 Å². The lowest BCUT2D eigenvalue weighted by Crippen LogP contribution is -2.22. The zero-order chi connectivity index (χ0) is 13.7. The molecule has 0 spiro atoms. The number of nitrogens with zero attached hydrogens (tertiary/aromatic N) is 2. The molecule has 0 aliphatic carbocycles. The molecule has 0 bridgehead atoms. The zero-order valence-electron chi connectivity index (χ0n) is 10.8. The van der Waals surface area contributed by atoms with E-state index in [4.69, 9.17) is 16.3 Å². The van der Waals surface area contributed by atoms with Gasteiger partial charge in [0.2, 0.25) is 0 Å². The molecular formula is C14H17ClN2O2. The number of halogens is 1. The number of rotatable bonds is 6. The molecule has 1 N–H and O–H groups in total. The van der Waals surface area contributed by atoms with Gasteiger partial charge in [-0.25, -0.2) is 4.98 Å². The first-order valence-corrected chi connectivity index (χ1v) is 6.51. The van der Waals surface area contributed by atoms with Crippen molar-refractivity contribution < 1.29 is 9.84 Å². The molecule has 2 aromatic rings. The van der Waals surface area contributed by atoms with Crippen LogP contribution < -0.4 is 0 Å². The lowest BCUT2D eigenvalue weighted by molar-refractivity contribution is 0.0201. The first-order chi connectivity index (χ1) is 9.16. The molecule has 0 amide bonds. The fraction of sp³-hybridized carbons (Fsp3) is 0.357. The van der Waals surface area contributed by atoms with Crippen LogP contribution >= 0.6 is 11.6 Å². The quantitative estimate of drug-likeness (QED) is 0.884. The third kappa shape index (κ3) is 4.06. The molecule has 0 aliphatic rings. The van der Waals surface area contributed by atoms with Crippen molar-refractivity contribution in [1.82, 2.24) is 9.55 Å². The molecule has 4 nitrogen and oxygen atoms in total. The summed E-state index contributed by atoms with van der Waals surface area (Å²) in [5, 5.41) is 10.6. The van der Waals surface area contributed by atoms with E-state index in [1.807, 2.05) is 42.0 Å². The van der Waals surface area contributed by atoms with Crippen LogP contribution in [-0.4, -0.2) is 27.4 Å². The second-order valence-electron chi connectivity index (χ2n) is 4.39. The normalized spacial score (nSPS) is 12.6. The third-order valence-electron chi connectivity index (χ3n) is 2.86. The van der Waals surface area contributed by atoms with Crippen LogP contribution in [0, 0.1) is 6.92 Å². The Hall–Kier alpha value is -1.36. The van der Waals surface area contributed by atoms with Crippen LogP contribution in [0.25, 0.3) is 0 Å². The van der Waals surface area contributed by atoms with Gasteiger partial charge in [0.05, 0.1) is 25.9 Å². The molecule has 1 aromatic heterocycles. The Kier molecular flexibility index (Phi) is 4.96. The molecule has 0 unspecified atom stereocenters. The van der Waals surface area contributed by atoms with Gasteiger partial charge in [-0.3, -0.25) is 0 Å². The van der Waals surface area contributed by atoms with Gasteiger partial charge in [-0.1, -0.05) is 29.8 Å². The van der Waals surface area contributed by atoms with E-state index >= 15 is 0 Å². The van der Waals surface area contributed by atoms with Crippen LogP contribution in [0.1, 0.15) is 11.4 Å². The summed E-state index contributed by atoms with van der Waals surface area (Å²) in [6.07, 6.45) is 3.00. The summed E-state index contributed by atoms with van der Waals surface area (Å²) in [5.74, 6) is 0.880. The van der Waals surface area contributed by atoms with Gasteiger partial charge in [-0.15, -0.1) is 0 Å². The standard InChI is InChI=1S/C14H17ClN2O2/c1-11-16-6-7-17(11)8-13(18)10-19-9-12-4-2-3-5-14(12)15/h2-7,13,18H,8-10H2,1H3/t13-/m1/s1. The minimum Gasteiger partial charge on any atom is -0.389 e. The summed E-state index contributed by atoms with van der Waals surface area (Å²) in [7, 11) is 0. The largest absolute Gasteiger partial charge is 0.389 e. The highest BCUT2D eigenvalue weighted by atomic mass is 35.5. The van der Waals surface area contributed by atoms with Crippen LogP contribution in [0.4, 0.5) is 0 Å². The summed E-state index contributed by atoms with van der Waals surface area (Å²) < 4.78 is 7.38. The van der Waals surface area contributed by atoms with Gasteiger partial charge < -0.3 is 14.4 Å². The van der Waals surface area contributed by atoms with Crippen molar-refractivity contribution in [1.29, 1.82) is 0 Å². The summed E-state index contributed by atoms with van der Waals surface area (Å²) in [5.41, 5.74) is 0.926. The lowest BCUT2D eigenvalue weighted by atomic mass is 10.2. The molecule has 5 heteroatoms. The number of ether oxygens (including phenoxy) is 1. The smallest absolute Gasteiger partial charge is 0.105 e. The summed E-state index contributed by atoms with van der Waals surface area (Å²) in [6, 6.07) is 7.53. The Bertz CT molecular complexity index is 528. The van der Waals surface area contributed by atoms with E-state index in [0.29, 0.717) is 18.2 Å². The molecular weight excluding hydrogens is 264 g/mol. The van der Waals surface area contributed by atoms with Gasteiger partial charge in [-0.2, -0.15) is 0 Å². The Morgan fingerprint density at radius 2 is 2.21 bits per heavy atom. The van der Waals surface area contributed by atoms with Gasteiger partial charge in [-0.05, 0) is 18.6 Å². The van der Waals surface area contributed by atoms with Crippen LogP contribution in [0.3, 0.4) is 0 Å². The van der Waals surface area contributed by atoms with Gasteiger partial charge in [0.25, 0.3) is 0 Å². The second kappa shape index (κ2) is 6.70. The Labute approximate surface area is 117 Å². The number of aromatic nitrogens is 2. The average molecular weight is 281 g/mol. The van der Waals surface area contributed by atoms with Crippen molar-refractivity contribution in [3.63, 3.8) is 0 Å². The van der Waals surface area contributed by atoms with Crippen molar-refractivity contribution >= 4 is 11.6 Å². The third-order valence-corrected chi connectivity index (χ3v) is 3.23. The molecule has 1 heterocycles. The molecule has 0 radical (unpaired) electrons. The van der Waals surface area contributed by atoms with Gasteiger partial charge in [0.15, 0.2) is 0 Å². The fourth-order valence-electron chi connectivity index (χ4n) is 1.80. The number of hydrogen-bond donors (Lipinski definition) is 1.